The summed E-state index contributed by atoms with van der Waals surface area (Å²) in [7, 11) is 0. The summed E-state index contributed by atoms with van der Waals surface area (Å²) in [6.07, 6.45) is 3.14. The Morgan fingerprint density at radius 2 is 1.89 bits per heavy atom. The van der Waals surface area contributed by atoms with E-state index in [0.29, 0.717) is 29.0 Å². The zero-order valence-electron chi connectivity index (χ0n) is 14.5. The van der Waals surface area contributed by atoms with Crippen molar-refractivity contribution in [3.05, 3.63) is 72.6 Å². The van der Waals surface area contributed by atoms with Gasteiger partial charge in [-0.1, -0.05) is 23.9 Å². The maximum absolute atomic E-state index is 13.7. The molecule has 0 aliphatic rings. The van der Waals surface area contributed by atoms with Gasteiger partial charge in [0.15, 0.2) is 10.9 Å². The fourth-order valence-corrected chi connectivity index (χ4v) is 3.30. The second-order valence-corrected chi connectivity index (χ2v) is 6.71. The lowest BCUT2D eigenvalue weighted by molar-refractivity contribution is -0.113. The van der Waals surface area contributed by atoms with Crippen LogP contribution in [0.1, 0.15) is 5.76 Å². The van der Waals surface area contributed by atoms with Crippen LogP contribution < -0.4 is 5.32 Å². The molecule has 28 heavy (non-hydrogen) atoms. The third kappa shape index (κ3) is 3.99. The highest BCUT2D eigenvalue weighted by Gasteiger charge is 2.18. The molecule has 1 N–H and O–H groups in total. The molecule has 0 saturated heterocycles. The van der Waals surface area contributed by atoms with Gasteiger partial charge in [-0.05, 0) is 36.4 Å². The van der Waals surface area contributed by atoms with E-state index in [1.54, 1.807) is 47.4 Å². The molecule has 3 aromatic heterocycles. The highest BCUT2D eigenvalue weighted by molar-refractivity contribution is 7.99. The Balaban J connectivity index is 1.51. The number of furan rings is 2. The fraction of sp³-hybridized carbons (Fsp3) is 0.105. The monoisotopic (exact) mass is 398 g/mol. The lowest BCUT2D eigenvalue weighted by atomic mass is 10.3. The first kappa shape index (κ1) is 18.1. The Morgan fingerprint density at radius 1 is 1.07 bits per heavy atom. The first-order chi connectivity index (χ1) is 13.7. The summed E-state index contributed by atoms with van der Waals surface area (Å²) in [5.74, 6) is 1.01. The molecule has 1 amide bonds. The summed E-state index contributed by atoms with van der Waals surface area (Å²) in [4.78, 5) is 12.2. The average Bonchev–Trinajstić information content (AvgIpc) is 3.44. The number of carbonyl (C=O) groups is 1. The van der Waals surface area contributed by atoms with E-state index in [2.05, 4.69) is 15.5 Å². The zero-order valence-corrected chi connectivity index (χ0v) is 15.4. The Labute approximate surface area is 163 Å². The Hall–Kier alpha value is -3.33. The van der Waals surface area contributed by atoms with E-state index >= 15 is 0 Å². The van der Waals surface area contributed by atoms with Gasteiger partial charge in [0, 0.05) is 0 Å². The van der Waals surface area contributed by atoms with E-state index < -0.39 is 5.82 Å². The Bertz CT molecular complexity index is 1060. The highest BCUT2D eigenvalue weighted by Crippen LogP contribution is 2.26. The summed E-state index contributed by atoms with van der Waals surface area (Å²) in [5.41, 5.74) is 0.140. The summed E-state index contributed by atoms with van der Waals surface area (Å²) in [6, 6.07) is 13.2. The Morgan fingerprint density at radius 3 is 2.64 bits per heavy atom. The van der Waals surface area contributed by atoms with Gasteiger partial charge in [-0.2, -0.15) is 0 Å². The summed E-state index contributed by atoms with van der Waals surface area (Å²) >= 11 is 1.19. The van der Waals surface area contributed by atoms with Crippen molar-refractivity contribution >= 4 is 23.4 Å². The van der Waals surface area contributed by atoms with Crippen LogP contribution in [0.2, 0.25) is 0 Å². The van der Waals surface area contributed by atoms with Crippen molar-refractivity contribution in [2.75, 3.05) is 11.1 Å². The number of halogens is 1. The zero-order chi connectivity index (χ0) is 19.3. The molecule has 1 aromatic carbocycles. The number of benzene rings is 1. The fourth-order valence-electron chi connectivity index (χ4n) is 2.56. The van der Waals surface area contributed by atoms with Gasteiger partial charge in [-0.3, -0.25) is 9.36 Å². The number of rotatable bonds is 7. The molecule has 0 aliphatic heterocycles. The number of aromatic nitrogens is 3. The standard InChI is InChI=1S/C19H15FN4O3S/c20-14-6-1-2-7-15(14)21-17(25)12-28-19-23-22-18(16-8-4-10-27-16)24(19)11-13-5-3-9-26-13/h1-10H,11-12H2,(H,21,25). The summed E-state index contributed by atoms with van der Waals surface area (Å²) in [5, 5.41) is 11.4. The molecule has 9 heteroatoms. The van der Waals surface area contributed by atoms with Gasteiger partial charge in [-0.15, -0.1) is 10.2 Å². The minimum atomic E-state index is -0.484. The molecule has 0 unspecified atom stereocenters. The van der Waals surface area contributed by atoms with Crippen LogP contribution in [-0.2, 0) is 11.3 Å². The molecule has 4 aromatic rings. The van der Waals surface area contributed by atoms with Crippen molar-refractivity contribution < 1.29 is 18.0 Å². The van der Waals surface area contributed by atoms with E-state index in [4.69, 9.17) is 8.83 Å². The summed E-state index contributed by atoms with van der Waals surface area (Å²) < 4.78 is 26.3. The number of para-hydroxylation sites is 1. The molecule has 0 radical (unpaired) electrons. The first-order valence-corrected chi connectivity index (χ1v) is 9.36. The largest absolute Gasteiger partial charge is 0.467 e. The maximum Gasteiger partial charge on any atom is 0.234 e. The van der Waals surface area contributed by atoms with E-state index in [9.17, 15) is 9.18 Å². The molecule has 0 bridgehead atoms. The maximum atomic E-state index is 13.7. The van der Waals surface area contributed by atoms with Crippen molar-refractivity contribution in [2.45, 2.75) is 11.7 Å². The van der Waals surface area contributed by atoms with Crippen molar-refractivity contribution in [3.8, 4) is 11.6 Å². The van der Waals surface area contributed by atoms with E-state index in [-0.39, 0.29) is 17.3 Å². The quantitative estimate of drug-likeness (QED) is 0.473. The minimum Gasteiger partial charge on any atom is -0.467 e. The van der Waals surface area contributed by atoms with Crippen LogP contribution >= 0.6 is 11.8 Å². The van der Waals surface area contributed by atoms with E-state index in [1.807, 2.05) is 6.07 Å². The number of thioether (sulfide) groups is 1. The average molecular weight is 398 g/mol. The number of hydrogen-bond acceptors (Lipinski definition) is 6. The number of amides is 1. The van der Waals surface area contributed by atoms with Gasteiger partial charge >= 0.3 is 0 Å². The van der Waals surface area contributed by atoms with E-state index in [1.165, 1.54) is 23.9 Å². The van der Waals surface area contributed by atoms with Gasteiger partial charge in [0.05, 0.1) is 30.5 Å². The van der Waals surface area contributed by atoms with Gasteiger partial charge in [0.1, 0.15) is 11.6 Å². The van der Waals surface area contributed by atoms with Crippen LogP contribution in [0, 0.1) is 5.82 Å². The smallest absolute Gasteiger partial charge is 0.234 e. The molecule has 7 nitrogen and oxygen atoms in total. The second kappa shape index (κ2) is 8.13. The third-order valence-corrected chi connectivity index (χ3v) is 4.80. The van der Waals surface area contributed by atoms with Crippen molar-refractivity contribution in [1.29, 1.82) is 0 Å². The van der Waals surface area contributed by atoms with E-state index in [0.717, 1.165) is 0 Å². The number of nitrogens with one attached hydrogen (secondary N) is 1. The van der Waals surface area contributed by atoms with Gasteiger partial charge in [-0.25, -0.2) is 4.39 Å². The predicted molar refractivity (Wildman–Crippen MR) is 101 cm³/mol. The Kier molecular flexibility index (Phi) is 5.24. The molecule has 0 atom stereocenters. The normalized spacial score (nSPS) is 10.9. The molecule has 142 valence electrons. The molecule has 0 spiro atoms. The molecule has 0 fully saturated rings. The van der Waals surface area contributed by atoms with Crippen LogP contribution in [-0.4, -0.2) is 26.4 Å². The SMILES string of the molecule is O=C(CSc1nnc(-c2ccco2)n1Cc1ccco1)Nc1ccccc1F. The molecule has 0 saturated carbocycles. The highest BCUT2D eigenvalue weighted by atomic mass is 32.2. The number of anilines is 1. The van der Waals surface area contributed by atoms with Gasteiger partial charge in [0.2, 0.25) is 11.7 Å². The number of nitrogens with zero attached hydrogens (tertiary/aromatic N) is 3. The van der Waals surface area contributed by atoms with Crippen LogP contribution in [0.15, 0.2) is 75.0 Å². The number of hydrogen-bond donors (Lipinski definition) is 1. The minimum absolute atomic E-state index is 0.0444. The molecule has 4 rings (SSSR count). The second-order valence-electron chi connectivity index (χ2n) is 5.77. The first-order valence-electron chi connectivity index (χ1n) is 8.37. The van der Waals surface area contributed by atoms with Gasteiger partial charge < -0.3 is 14.2 Å². The van der Waals surface area contributed by atoms with Crippen LogP contribution in [0.25, 0.3) is 11.6 Å². The van der Waals surface area contributed by atoms with Crippen molar-refractivity contribution in [2.24, 2.45) is 0 Å². The van der Waals surface area contributed by atoms with Crippen molar-refractivity contribution in [3.63, 3.8) is 0 Å². The van der Waals surface area contributed by atoms with Gasteiger partial charge in [0.25, 0.3) is 0 Å². The molecular weight excluding hydrogens is 383 g/mol. The van der Waals surface area contributed by atoms with Crippen LogP contribution in [0.4, 0.5) is 10.1 Å². The predicted octanol–water partition coefficient (Wildman–Crippen LogP) is 4.05. The number of carbonyl (C=O) groups excluding carboxylic acids is 1. The molecule has 3 heterocycles. The lowest BCUT2D eigenvalue weighted by Gasteiger charge is -2.08. The lowest BCUT2D eigenvalue weighted by Crippen LogP contribution is -2.15. The third-order valence-electron chi connectivity index (χ3n) is 3.83. The molecule has 0 aliphatic carbocycles. The van der Waals surface area contributed by atoms with Crippen LogP contribution in [0.5, 0.6) is 0 Å². The molecular formula is C19H15FN4O3S. The topological polar surface area (TPSA) is 86.1 Å². The van der Waals surface area contributed by atoms with Crippen LogP contribution in [0.3, 0.4) is 0 Å². The summed E-state index contributed by atoms with van der Waals surface area (Å²) in [6.45, 7) is 0.382. The van der Waals surface area contributed by atoms with Crippen molar-refractivity contribution in [1.82, 2.24) is 14.8 Å².